The van der Waals surface area contributed by atoms with E-state index >= 15 is 0 Å². The van der Waals surface area contributed by atoms with Crippen LogP contribution in [-0.2, 0) is 10.9 Å². The van der Waals surface area contributed by atoms with E-state index in [4.69, 9.17) is 4.74 Å². The van der Waals surface area contributed by atoms with Crippen LogP contribution in [0.15, 0.2) is 30.7 Å². The molecule has 0 aliphatic carbocycles. The minimum Gasteiger partial charge on any atom is -0.378 e. The lowest BCUT2D eigenvalue weighted by atomic mass is 10.1. The molecule has 0 spiro atoms. The minimum absolute atomic E-state index is 0.113. The number of fused-ring (bicyclic) bond motifs is 1. The van der Waals surface area contributed by atoms with E-state index in [1.54, 1.807) is 6.07 Å². The fourth-order valence-electron chi connectivity index (χ4n) is 3.01. The van der Waals surface area contributed by atoms with Crippen LogP contribution in [-0.4, -0.2) is 52.2 Å². The molecule has 27 heavy (non-hydrogen) atoms. The van der Waals surface area contributed by atoms with Crippen molar-refractivity contribution in [2.45, 2.75) is 6.18 Å². The van der Waals surface area contributed by atoms with Gasteiger partial charge in [-0.3, -0.25) is 9.78 Å². The molecule has 0 bridgehead atoms. The summed E-state index contributed by atoms with van der Waals surface area (Å²) in [4.78, 5) is 21.3. The maximum absolute atomic E-state index is 13.4. The Bertz CT molecular complexity index is 996. The Hall–Kier alpha value is -3.01. The summed E-state index contributed by atoms with van der Waals surface area (Å²) in [6, 6.07) is 2.50. The van der Waals surface area contributed by atoms with Gasteiger partial charge in [0.1, 0.15) is 5.52 Å². The van der Waals surface area contributed by atoms with Crippen LogP contribution in [0.4, 0.5) is 19.0 Å². The summed E-state index contributed by atoms with van der Waals surface area (Å²) in [5.74, 6) is 0.339. The largest absolute Gasteiger partial charge is 0.417 e. The third-order valence-electron chi connectivity index (χ3n) is 4.28. The van der Waals surface area contributed by atoms with E-state index in [1.165, 1.54) is 10.7 Å². The van der Waals surface area contributed by atoms with Crippen molar-refractivity contribution in [3.05, 3.63) is 41.9 Å². The third-order valence-corrected chi connectivity index (χ3v) is 4.28. The molecular formula is C17H14F3N5O2. The standard InChI is InChI=1S/C17H14F3N5O2/c18-17(19,20)13-1-2-21-8-12(13)15-22-16(24-3-5-27-6-4-24)14-7-11(10-26)9-25(14)23-15/h1-2,7-10H,3-6H2. The molecule has 10 heteroatoms. The predicted molar refractivity (Wildman–Crippen MR) is 89.6 cm³/mol. The average Bonchev–Trinajstić information content (AvgIpc) is 3.10. The second kappa shape index (κ2) is 6.62. The van der Waals surface area contributed by atoms with Crippen LogP contribution in [0.2, 0.25) is 0 Å². The van der Waals surface area contributed by atoms with Gasteiger partial charge in [0, 0.05) is 37.2 Å². The van der Waals surface area contributed by atoms with E-state index < -0.39 is 11.7 Å². The molecule has 0 aromatic carbocycles. The van der Waals surface area contributed by atoms with Crippen molar-refractivity contribution in [2.75, 3.05) is 31.2 Å². The fraction of sp³-hybridized carbons (Fsp3) is 0.294. The minimum atomic E-state index is -4.57. The summed E-state index contributed by atoms with van der Waals surface area (Å²) in [5, 5.41) is 4.19. The molecule has 3 aromatic heterocycles. The Morgan fingerprint density at radius 2 is 2.00 bits per heavy atom. The van der Waals surface area contributed by atoms with E-state index in [0.29, 0.717) is 49.5 Å². The van der Waals surface area contributed by atoms with Crippen molar-refractivity contribution in [1.29, 1.82) is 0 Å². The van der Waals surface area contributed by atoms with Gasteiger partial charge in [-0.05, 0) is 12.1 Å². The predicted octanol–water partition coefficient (Wildman–Crippen LogP) is 2.46. The molecule has 0 amide bonds. The Balaban J connectivity index is 1.93. The van der Waals surface area contributed by atoms with Crippen LogP contribution in [0.25, 0.3) is 16.9 Å². The van der Waals surface area contributed by atoms with Crippen LogP contribution in [0, 0.1) is 0 Å². The molecule has 0 radical (unpaired) electrons. The number of carbonyl (C=O) groups excluding carboxylic acids is 1. The average molecular weight is 377 g/mol. The van der Waals surface area contributed by atoms with Gasteiger partial charge in [-0.2, -0.15) is 13.2 Å². The molecule has 140 valence electrons. The molecule has 1 fully saturated rings. The lowest BCUT2D eigenvalue weighted by Crippen LogP contribution is -2.37. The highest BCUT2D eigenvalue weighted by Crippen LogP contribution is 2.36. The summed E-state index contributed by atoms with van der Waals surface area (Å²) in [6.07, 6.45) is -0.283. The zero-order valence-corrected chi connectivity index (χ0v) is 14.0. The van der Waals surface area contributed by atoms with Gasteiger partial charge in [0.05, 0.1) is 24.3 Å². The summed E-state index contributed by atoms with van der Waals surface area (Å²) >= 11 is 0. The lowest BCUT2D eigenvalue weighted by Gasteiger charge is -2.28. The summed E-state index contributed by atoms with van der Waals surface area (Å²) in [5.41, 5.74) is -0.186. The number of morpholine rings is 1. The second-order valence-electron chi connectivity index (χ2n) is 6.00. The maximum Gasteiger partial charge on any atom is 0.417 e. The molecule has 3 aromatic rings. The van der Waals surface area contributed by atoms with E-state index in [0.717, 1.165) is 18.5 Å². The molecule has 7 nitrogen and oxygen atoms in total. The highest BCUT2D eigenvalue weighted by molar-refractivity contribution is 5.82. The number of hydrogen-bond acceptors (Lipinski definition) is 6. The summed E-state index contributed by atoms with van der Waals surface area (Å²) < 4.78 is 46.9. The van der Waals surface area contributed by atoms with E-state index in [1.807, 2.05) is 4.90 Å². The molecule has 0 N–H and O–H groups in total. The third kappa shape index (κ3) is 3.23. The van der Waals surface area contributed by atoms with Crippen molar-refractivity contribution in [2.24, 2.45) is 0 Å². The van der Waals surface area contributed by atoms with E-state index in [2.05, 4.69) is 15.1 Å². The quantitative estimate of drug-likeness (QED) is 0.653. The van der Waals surface area contributed by atoms with Crippen molar-refractivity contribution in [1.82, 2.24) is 19.6 Å². The van der Waals surface area contributed by atoms with Crippen molar-refractivity contribution < 1.29 is 22.7 Å². The van der Waals surface area contributed by atoms with Gasteiger partial charge in [0.25, 0.3) is 0 Å². The number of aromatic nitrogens is 4. The topological polar surface area (TPSA) is 72.6 Å². The summed E-state index contributed by atoms with van der Waals surface area (Å²) in [6.45, 7) is 2.03. The first-order chi connectivity index (χ1) is 13.0. The molecule has 0 saturated carbocycles. The van der Waals surface area contributed by atoms with Gasteiger partial charge >= 0.3 is 6.18 Å². The van der Waals surface area contributed by atoms with Gasteiger partial charge in [-0.1, -0.05) is 0 Å². The number of alkyl halides is 3. The Morgan fingerprint density at radius 1 is 1.22 bits per heavy atom. The monoisotopic (exact) mass is 377 g/mol. The zero-order chi connectivity index (χ0) is 19.0. The number of ether oxygens (including phenoxy) is 1. The molecule has 1 saturated heterocycles. The fourth-order valence-corrected chi connectivity index (χ4v) is 3.01. The van der Waals surface area contributed by atoms with Gasteiger partial charge in [-0.15, -0.1) is 5.10 Å². The Morgan fingerprint density at radius 3 is 2.70 bits per heavy atom. The molecule has 4 heterocycles. The smallest absolute Gasteiger partial charge is 0.378 e. The summed E-state index contributed by atoms with van der Waals surface area (Å²) in [7, 11) is 0. The van der Waals surface area contributed by atoms with Crippen LogP contribution in [0.5, 0.6) is 0 Å². The maximum atomic E-state index is 13.4. The second-order valence-corrected chi connectivity index (χ2v) is 6.00. The van der Waals surface area contributed by atoms with Gasteiger partial charge in [0.15, 0.2) is 17.9 Å². The van der Waals surface area contributed by atoms with Crippen LogP contribution >= 0.6 is 0 Å². The zero-order valence-electron chi connectivity index (χ0n) is 14.0. The normalized spacial score (nSPS) is 15.3. The number of aldehydes is 1. The number of pyridine rings is 1. The number of hydrogen-bond donors (Lipinski definition) is 0. The molecular weight excluding hydrogens is 363 g/mol. The molecule has 0 atom stereocenters. The first-order valence-electron chi connectivity index (χ1n) is 8.17. The molecule has 1 aliphatic rings. The molecule has 0 unspecified atom stereocenters. The van der Waals surface area contributed by atoms with E-state index in [-0.39, 0.29) is 11.4 Å². The first kappa shape index (κ1) is 17.4. The Kier molecular flexibility index (Phi) is 4.27. The number of carbonyl (C=O) groups is 1. The van der Waals surface area contributed by atoms with Crippen molar-refractivity contribution in [3.63, 3.8) is 0 Å². The van der Waals surface area contributed by atoms with Crippen LogP contribution in [0.3, 0.4) is 0 Å². The van der Waals surface area contributed by atoms with E-state index in [9.17, 15) is 18.0 Å². The SMILES string of the molecule is O=Cc1cc2c(N3CCOCC3)nc(-c3cnccc3C(F)(F)F)nn2c1. The van der Waals surface area contributed by atoms with Gasteiger partial charge in [-0.25, -0.2) is 9.50 Å². The van der Waals surface area contributed by atoms with Crippen molar-refractivity contribution >= 4 is 17.6 Å². The molecule has 4 rings (SSSR count). The Labute approximate surface area is 151 Å². The number of nitrogens with zero attached hydrogens (tertiary/aromatic N) is 5. The van der Waals surface area contributed by atoms with Gasteiger partial charge in [0.2, 0.25) is 0 Å². The highest BCUT2D eigenvalue weighted by Gasteiger charge is 2.35. The number of anilines is 1. The highest BCUT2D eigenvalue weighted by atomic mass is 19.4. The van der Waals surface area contributed by atoms with Crippen LogP contribution in [0.1, 0.15) is 15.9 Å². The lowest BCUT2D eigenvalue weighted by molar-refractivity contribution is -0.137. The number of rotatable bonds is 3. The first-order valence-corrected chi connectivity index (χ1v) is 8.17. The van der Waals surface area contributed by atoms with Gasteiger partial charge < -0.3 is 9.64 Å². The molecule has 1 aliphatic heterocycles. The number of halogens is 3. The van der Waals surface area contributed by atoms with Crippen LogP contribution < -0.4 is 4.90 Å². The van der Waals surface area contributed by atoms with Crippen molar-refractivity contribution in [3.8, 4) is 11.4 Å².